The Bertz CT molecular complexity index is 2190. The average Bonchev–Trinajstić information content (AvgIpc) is 3.47. The van der Waals surface area contributed by atoms with E-state index in [1.165, 1.54) is 28.2 Å². The van der Waals surface area contributed by atoms with Gasteiger partial charge in [-0.25, -0.2) is 0 Å². The molecule has 0 aliphatic heterocycles. The largest absolute Gasteiger partial charge is 0.512 e. The molecule has 1 N–H and O–H groups in total. The van der Waals surface area contributed by atoms with Crippen LogP contribution in [-0.2, 0) is 36.7 Å². The minimum Gasteiger partial charge on any atom is -0.512 e. The molecule has 52 heavy (non-hydrogen) atoms. The van der Waals surface area contributed by atoms with Gasteiger partial charge in [-0.05, 0) is 79.7 Å². The number of nitrogens with zero attached hydrogens (tertiary/aromatic N) is 1. The summed E-state index contributed by atoms with van der Waals surface area (Å²) in [6.45, 7) is 21.5. The van der Waals surface area contributed by atoms with Crippen molar-refractivity contribution in [2.24, 2.45) is 17.8 Å². The summed E-state index contributed by atoms with van der Waals surface area (Å²) < 4.78 is 6.62. The number of ketones is 1. The van der Waals surface area contributed by atoms with Crippen molar-refractivity contribution < 1.29 is 34.4 Å². The van der Waals surface area contributed by atoms with Crippen molar-refractivity contribution in [3.63, 3.8) is 0 Å². The first-order chi connectivity index (χ1) is 24.3. The number of aliphatic hydroxyl groups is 1. The van der Waals surface area contributed by atoms with Gasteiger partial charge in [0.05, 0.1) is 11.3 Å². The van der Waals surface area contributed by atoms with Crippen LogP contribution in [0.2, 0.25) is 0 Å². The van der Waals surface area contributed by atoms with Crippen molar-refractivity contribution in [2.45, 2.75) is 107 Å². The number of carbonyl (C=O) groups is 1. The number of aliphatic hydroxyl groups excluding tert-OH is 1. The summed E-state index contributed by atoms with van der Waals surface area (Å²) in [7, 11) is 0. The average molecular weight is 875 g/mol. The Morgan fingerprint density at radius 1 is 0.865 bits per heavy atom. The van der Waals surface area contributed by atoms with Gasteiger partial charge in [0.2, 0.25) is 0 Å². The van der Waals surface area contributed by atoms with Gasteiger partial charge in [-0.2, -0.15) is 0 Å². The first-order valence-electron chi connectivity index (χ1n) is 18.9. The van der Waals surface area contributed by atoms with Crippen LogP contribution in [0.1, 0.15) is 105 Å². The van der Waals surface area contributed by atoms with Crippen LogP contribution in [0.25, 0.3) is 54.9 Å². The molecule has 2 aromatic heterocycles. The van der Waals surface area contributed by atoms with Crippen LogP contribution in [-0.4, -0.2) is 15.9 Å². The van der Waals surface area contributed by atoms with Crippen LogP contribution < -0.4 is 0 Å². The van der Waals surface area contributed by atoms with Crippen LogP contribution in [0.15, 0.2) is 83.0 Å². The first kappa shape index (κ1) is 41.0. The molecule has 0 atom stereocenters. The summed E-state index contributed by atoms with van der Waals surface area (Å²) >= 11 is 0. The Morgan fingerprint density at radius 2 is 1.52 bits per heavy atom. The normalized spacial score (nSPS) is 12.3. The number of furan rings is 1. The van der Waals surface area contributed by atoms with Crippen LogP contribution in [0.4, 0.5) is 0 Å². The van der Waals surface area contributed by atoms with E-state index in [1.807, 2.05) is 27.7 Å². The van der Waals surface area contributed by atoms with Crippen molar-refractivity contribution in [1.29, 1.82) is 0 Å². The number of rotatable bonds is 10. The maximum Gasteiger partial charge on any atom is 0.162 e. The number of aryl methyl sites for hydroxylation is 1. The second-order valence-electron chi connectivity index (χ2n) is 15.6. The van der Waals surface area contributed by atoms with E-state index in [1.54, 1.807) is 0 Å². The fourth-order valence-electron chi connectivity index (χ4n) is 7.22. The summed E-state index contributed by atoms with van der Waals surface area (Å²) in [5, 5.41) is 15.4. The zero-order valence-corrected chi connectivity index (χ0v) is 35.1. The van der Waals surface area contributed by atoms with Crippen molar-refractivity contribution in [1.82, 2.24) is 4.98 Å². The van der Waals surface area contributed by atoms with Crippen LogP contribution in [0.5, 0.6) is 0 Å². The van der Waals surface area contributed by atoms with E-state index >= 15 is 0 Å². The molecule has 0 saturated heterocycles. The number of aromatic nitrogens is 1. The van der Waals surface area contributed by atoms with Crippen molar-refractivity contribution in [3.05, 3.63) is 101 Å². The van der Waals surface area contributed by atoms with Gasteiger partial charge >= 0.3 is 0 Å². The molecule has 1 radical (unpaired) electrons. The Hall–Kier alpha value is -3.79. The molecule has 0 bridgehead atoms. The van der Waals surface area contributed by atoms with Crippen LogP contribution >= 0.6 is 0 Å². The molecular weight excluding hydrogens is 819 g/mol. The quantitative estimate of drug-likeness (QED) is 0.0846. The zero-order valence-electron chi connectivity index (χ0n) is 32.7. The van der Waals surface area contributed by atoms with Crippen LogP contribution in [0, 0.1) is 30.7 Å². The minimum absolute atomic E-state index is 0. The molecule has 5 heteroatoms. The van der Waals surface area contributed by atoms with Gasteiger partial charge in [0.25, 0.3) is 0 Å². The third-order valence-corrected chi connectivity index (χ3v) is 10.2. The third kappa shape index (κ3) is 8.87. The minimum atomic E-state index is -0.0137. The molecule has 277 valence electrons. The maximum absolute atomic E-state index is 11.7. The summed E-state index contributed by atoms with van der Waals surface area (Å²) in [6.07, 6.45) is 5.94. The molecular formula is C47H56IrNO3-. The number of pyridine rings is 1. The summed E-state index contributed by atoms with van der Waals surface area (Å²) in [4.78, 5) is 17.0. The Morgan fingerprint density at radius 3 is 2.15 bits per heavy atom. The number of allylic oxidation sites excluding steroid dienone is 2. The number of carbonyl (C=O) groups excluding carboxylic acids is 1. The fraction of sp³-hybridized carbons (Fsp3) is 0.404. The van der Waals surface area contributed by atoms with Gasteiger partial charge in [-0.15, -0.1) is 29.1 Å². The molecule has 6 rings (SSSR count). The van der Waals surface area contributed by atoms with E-state index in [4.69, 9.17) is 9.40 Å². The van der Waals surface area contributed by atoms with E-state index in [9.17, 15) is 9.90 Å². The number of benzene rings is 4. The molecule has 2 heterocycles. The molecule has 0 unspecified atom stereocenters. The van der Waals surface area contributed by atoms with Crippen molar-refractivity contribution in [2.75, 3.05) is 0 Å². The fourth-order valence-corrected chi connectivity index (χ4v) is 7.22. The second kappa shape index (κ2) is 17.4. The van der Waals surface area contributed by atoms with Crippen molar-refractivity contribution >= 4 is 49.4 Å². The molecule has 4 nitrogen and oxygen atoms in total. The molecule has 0 fully saturated rings. The predicted octanol–water partition coefficient (Wildman–Crippen LogP) is 13.4. The smallest absolute Gasteiger partial charge is 0.162 e. The zero-order chi connectivity index (χ0) is 37.0. The van der Waals surface area contributed by atoms with E-state index in [2.05, 4.69) is 114 Å². The van der Waals surface area contributed by atoms with E-state index in [-0.39, 0.29) is 48.9 Å². The summed E-state index contributed by atoms with van der Waals surface area (Å²) in [5.74, 6) is 1.14. The predicted molar refractivity (Wildman–Crippen MR) is 217 cm³/mol. The van der Waals surface area contributed by atoms with Gasteiger partial charge in [0.1, 0.15) is 11.2 Å². The first-order valence-corrected chi connectivity index (χ1v) is 18.9. The maximum atomic E-state index is 11.7. The second-order valence-corrected chi connectivity index (χ2v) is 15.6. The van der Waals surface area contributed by atoms with Gasteiger partial charge in [0, 0.05) is 59.9 Å². The Balaban J connectivity index is 0.000000323. The van der Waals surface area contributed by atoms with E-state index < -0.39 is 0 Å². The van der Waals surface area contributed by atoms with Crippen LogP contribution in [0.3, 0.4) is 0 Å². The third-order valence-electron chi connectivity index (χ3n) is 10.2. The Labute approximate surface area is 324 Å². The van der Waals surface area contributed by atoms with Gasteiger partial charge in [-0.1, -0.05) is 110 Å². The van der Waals surface area contributed by atoms with E-state index in [0.29, 0.717) is 5.92 Å². The molecule has 0 saturated carbocycles. The molecule has 0 aliphatic rings. The number of fused-ring (bicyclic) bond motifs is 6. The molecule has 0 aliphatic carbocycles. The van der Waals surface area contributed by atoms with Crippen molar-refractivity contribution in [3.8, 4) is 11.3 Å². The standard InChI is InChI=1S/C34H32NO.C13H24O2.Ir/c1-20(2)15-22-12-14-27-30(17-22)36-33-26-13-11-21(3)16-29(26)35-32(31(27)33)24-18-23-9-7-8-10-25(23)28(19-24)34(4,5)6;1-5-10(6-2)12(14)9-13(15)11(7-3)8-4;/h7-14,16-17,19-20H,15H2,1-6H3;9-11,14H,5-8H2,1-4H3;/q-1;;/b;12-9-;. The Kier molecular flexibility index (Phi) is 13.7. The van der Waals surface area contributed by atoms with Gasteiger partial charge in [0.15, 0.2) is 5.78 Å². The molecule has 4 aromatic carbocycles. The summed E-state index contributed by atoms with van der Waals surface area (Å²) in [6, 6.07) is 27.7. The monoisotopic (exact) mass is 875 g/mol. The van der Waals surface area contributed by atoms with Gasteiger partial charge in [-0.3, -0.25) is 9.78 Å². The number of hydrogen-bond acceptors (Lipinski definition) is 4. The summed E-state index contributed by atoms with van der Waals surface area (Å²) in [5.41, 5.74) is 8.53. The molecule has 0 spiro atoms. The van der Waals surface area contributed by atoms with E-state index in [0.717, 1.165) is 81.6 Å². The SMILES string of the molecule is CCC(CC)C(=O)/C=C(\O)C(CC)CC.Cc1ccc2c(c1)nc(-c1[c-]c3ccccc3c(C(C)(C)C)c1)c1c3ccc(CC(C)C)cc3oc21.[Ir]. The number of hydrogen-bond donors (Lipinski definition) is 1. The van der Waals surface area contributed by atoms with Gasteiger partial charge < -0.3 is 9.52 Å². The topological polar surface area (TPSA) is 63.3 Å². The molecule has 0 amide bonds. The molecule has 6 aromatic rings.